The van der Waals surface area contributed by atoms with E-state index >= 15 is 0 Å². The highest BCUT2D eigenvalue weighted by atomic mass is 35.5. The molecule has 0 aliphatic carbocycles. The number of nitrogens with one attached hydrogen (secondary N) is 1. The Morgan fingerprint density at radius 1 is 1.10 bits per heavy atom. The summed E-state index contributed by atoms with van der Waals surface area (Å²) in [6.07, 6.45) is 1.61. The molecule has 0 heterocycles. The maximum absolute atomic E-state index is 10.7. The van der Waals surface area contributed by atoms with Gasteiger partial charge >= 0.3 is 0 Å². The summed E-state index contributed by atoms with van der Waals surface area (Å²) < 4.78 is 11.2. The van der Waals surface area contributed by atoms with E-state index in [4.69, 9.17) is 21.1 Å². The number of methoxy groups -OCH3 is 1. The standard InChI is InChI=1S/C21H18ClN3O4/c1-28-21-12-15(13-23-24-17-7-9-18(10-8-17)25(26)27)6-11-20(21)29-14-16-4-2-3-5-19(16)22/h2-13,24H,14H2,1H3. The lowest BCUT2D eigenvalue weighted by atomic mass is 10.2. The molecule has 0 fully saturated rings. The predicted octanol–water partition coefficient (Wildman–Crippen LogP) is 5.28. The first-order valence-electron chi connectivity index (χ1n) is 8.64. The van der Waals surface area contributed by atoms with Crippen LogP contribution in [0.25, 0.3) is 0 Å². The molecule has 0 spiro atoms. The summed E-state index contributed by atoms with van der Waals surface area (Å²) in [5, 5.41) is 15.5. The van der Waals surface area contributed by atoms with Crippen LogP contribution in [0.3, 0.4) is 0 Å². The molecule has 3 rings (SSSR count). The van der Waals surface area contributed by atoms with Crippen LogP contribution in [0.1, 0.15) is 11.1 Å². The minimum absolute atomic E-state index is 0.0247. The Morgan fingerprint density at radius 3 is 2.55 bits per heavy atom. The second kappa shape index (κ2) is 9.57. The molecule has 0 radical (unpaired) electrons. The number of nitrogens with zero attached hydrogens (tertiary/aromatic N) is 2. The number of nitro benzene ring substituents is 1. The molecule has 0 aromatic heterocycles. The van der Waals surface area contributed by atoms with Crippen LogP contribution in [-0.4, -0.2) is 18.2 Å². The number of hydrogen-bond donors (Lipinski definition) is 1. The van der Waals surface area contributed by atoms with E-state index in [0.29, 0.717) is 28.8 Å². The van der Waals surface area contributed by atoms with Gasteiger partial charge < -0.3 is 9.47 Å². The monoisotopic (exact) mass is 411 g/mol. The largest absolute Gasteiger partial charge is 0.493 e. The SMILES string of the molecule is COc1cc(C=NNc2ccc([N+](=O)[O-])cc2)ccc1OCc1ccccc1Cl. The number of non-ortho nitro benzene ring substituents is 1. The number of benzene rings is 3. The smallest absolute Gasteiger partial charge is 0.269 e. The van der Waals surface area contributed by atoms with Crippen LogP contribution in [0.4, 0.5) is 11.4 Å². The molecular weight excluding hydrogens is 394 g/mol. The maximum atomic E-state index is 10.7. The van der Waals surface area contributed by atoms with Crippen molar-refractivity contribution in [1.29, 1.82) is 0 Å². The molecule has 148 valence electrons. The summed E-state index contributed by atoms with van der Waals surface area (Å²) in [6.45, 7) is 0.325. The number of ether oxygens (including phenoxy) is 2. The molecule has 29 heavy (non-hydrogen) atoms. The predicted molar refractivity (Wildman–Crippen MR) is 113 cm³/mol. The van der Waals surface area contributed by atoms with Gasteiger partial charge in [0.1, 0.15) is 6.61 Å². The van der Waals surface area contributed by atoms with Crippen molar-refractivity contribution in [2.24, 2.45) is 5.10 Å². The average Bonchev–Trinajstić information content (AvgIpc) is 2.74. The number of rotatable bonds is 8. The van der Waals surface area contributed by atoms with Crippen LogP contribution >= 0.6 is 11.6 Å². The third-order valence-corrected chi connectivity index (χ3v) is 4.38. The van der Waals surface area contributed by atoms with Gasteiger partial charge in [-0.15, -0.1) is 0 Å². The Morgan fingerprint density at radius 2 is 1.86 bits per heavy atom. The first-order chi connectivity index (χ1) is 14.1. The van der Waals surface area contributed by atoms with Crippen molar-refractivity contribution in [3.63, 3.8) is 0 Å². The number of anilines is 1. The van der Waals surface area contributed by atoms with Crippen LogP contribution in [-0.2, 0) is 6.61 Å². The van der Waals surface area contributed by atoms with Gasteiger partial charge in [-0.3, -0.25) is 15.5 Å². The van der Waals surface area contributed by atoms with Crippen molar-refractivity contribution in [1.82, 2.24) is 0 Å². The summed E-state index contributed by atoms with van der Waals surface area (Å²) in [4.78, 5) is 10.2. The van der Waals surface area contributed by atoms with Gasteiger partial charge in [0.05, 0.1) is 23.9 Å². The molecule has 0 bridgehead atoms. The van der Waals surface area contributed by atoms with Crippen LogP contribution in [0.5, 0.6) is 11.5 Å². The summed E-state index contributed by atoms with van der Waals surface area (Å²) >= 11 is 6.15. The summed E-state index contributed by atoms with van der Waals surface area (Å²) in [7, 11) is 1.56. The molecule has 0 aliphatic heterocycles. The van der Waals surface area contributed by atoms with E-state index in [2.05, 4.69) is 10.5 Å². The van der Waals surface area contributed by atoms with Gasteiger partial charge in [-0.25, -0.2) is 0 Å². The minimum atomic E-state index is -0.450. The zero-order chi connectivity index (χ0) is 20.6. The highest BCUT2D eigenvalue weighted by Gasteiger charge is 2.07. The Hall–Kier alpha value is -3.58. The summed E-state index contributed by atoms with van der Waals surface area (Å²) in [5.74, 6) is 1.16. The molecule has 3 aromatic carbocycles. The van der Waals surface area contributed by atoms with Crippen molar-refractivity contribution in [3.8, 4) is 11.5 Å². The van der Waals surface area contributed by atoms with Gasteiger partial charge in [-0.05, 0) is 42.0 Å². The van der Waals surface area contributed by atoms with Crippen molar-refractivity contribution in [2.45, 2.75) is 6.61 Å². The lowest BCUT2D eigenvalue weighted by molar-refractivity contribution is -0.384. The van der Waals surface area contributed by atoms with Crippen molar-refractivity contribution >= 4 is 29.2 Å². The Balaban J connectivity index is 1.64. The van der Waals surface area contributed by atoms with Crippen LogP contribution in [0.15, 0.2) is 71.8 Å². The highest BCUT2D eigenvalue weighted by molar-refractivity contribution is 6.31. The van der Waals surface area contributed by atoms with Crippen molar-refractivity contribution in [2.75, 3.05) is 12.5 Å². The van der Waals surface area contributed by atoms with Gasteiger partial charge in [0.25, 0.3) is 5.69 Å². The molecule has 3 aromatic rings. The second-order valence-corrected chi connectivity index (χ2v) is 6.37. The van der Waals surface area contributed by atoms with Gasteiger partial charge in [-0.1, -0.05) is 29.8 Å². The number of halogens is 1. The van der Waals surface area contributed by atoms with Crippen molar-refractivity contribution < 1.29 is 14.4 Å². The third-order valence-electron chi connectivity index (χ3n) is 4.01. The van der Waals surface area contributed by atoms with Crippen LogP contribution in [0.2, 0.25) is 5.02 Å². The molecule has 0 amide bonds. The zero-order valence-electron chi connectivity index (χ0n) is 15.5. The fraction of sp³-hybridized carbons (Fsp3) is 0.0952. The quantitative estimate of drug-likeness (QED) is 0.309. The fourth-order valence-corrected chi connectivity index (χ4v) is 2.68. The molecule has 8 heteroatoms. The molecule has 0 saturated carbocycles. The molecule has 1 N–H and O–H groups in total. The normalized spacial score (nSPS) is 10.7. The van der Waals surface area contributed by atoms with Crippen LogP contribution in [0, 0.1) is 10.1 Å². The van der Waals surface area contributed by atoms with E-state index in [1.165, 1.54) is 12.1 Å². The van der Waals surface area contributed by atoms with Gasteiger partial charge in [0.2, 0.25) is 0 Å². The van der Waals surface area contributed by atoms with E-state index in [9.17, 15) is 10.1 Å². The zero-order valence-corrected chi connectivity index (χ0v) is 16.3. The lowest BCUT2D eigenvalue weighted by Crippen LogP contribution is -1.99. The van der Waals surface area contributed by atoms with E-state index in [-0.39, 0.29) is 5.69 Å². The number of nitro groups is 1. The summed E-state index contributed by atoms with van der Waals surface area (Å²) in [6, 6.07) is 18.9. The summed E-state index contributed by atoms with van der Waals surface area (Å²) in [5.41, 5.74) is 5.16. The van der Waals surface area contributed by atoms with Gasteiger partial charge in [0, 0.05) is 22.7 Å². The topological polar surface area (TPSA) is 86.0 Å². The van der Waals surface area contributed by atoms with Crippen LogP contribution < -0.4 is 14.9 Å². The highest BCUT2D eigenvalue weighted by Crippen LogP contribution is 2.29. The number of hydrazone groups is 1. The molecule has 7 nitrogen and oxygen atoms in total. The maximum Gasteiger partial charge on any atom is 0.269 e. The van der Waals surface area contributed by atoms with E-state index < -0.39 is 4.92 Å². The van der Waals surface area contributed by atoms with Gasteiger partial charge in [0.15, 0.2) is 11.5 Å². The minimum Gasteiger partial charge on any atom is -0.493 e. The van der Waals surface area contributed by atoms with E-state index in [0.717, 1.165) is 11.1 Å². The van der Waals surface area contributed by atoms with Crippen molar-refractivity contribution in [3.05, 3.63) is 93.0 Å². The Kier molecular flexibility index (Phi) is 6.65. The molecule has 0 saturated heterocycles. The second-order valence-electron chi connectivity index (χ2n) is 5.96. The number of hydrogen-bond acceptors (Lipinski definition) is 6. The average molecular weight is 412 g/mol. The first kappa shape index (κ1) is 20.2. The third kappa shape index (κ3) is 5.46. The molecule has 0 atom stereocenters. The molecular formula is C21H18ClN3O4. The first-order valence-corrected chi connectivity index (χ1v) is 9.02. The Bertz CT molecular complexity index is 1020. The fourth-order valence-electron chi connectivity index (χ4n) is 2.49. The van der Waals surface area contributed by atoms with E-state index in [1.54, 1.807) is 37.6 Å². The lowest BCUT2D eigenvalue weighted by Gasteiger charge is -2.12. The van der Waals surface area contributed by atoms with E-state index in [1.807, 2.05) is 30.3 Å². The molecule has 0 unspecified atom stereocenters. The molecule has 0 aliphatic rings. The Labute approximate surface area is 172 Å². The van der Waals surface area contributed by atoms with Gasteiger partial charge in [-0.2, -0.15) is 5.10 Å².